The van der Waals surface area contributed by atoms with Crippen molar-refractivity contribution in [3.63, 3.8) is 0 Å². The van der Waals surface area contributed by atoms with Gasteiger partial charge in [-0.1, -0.05) is 0 Å². The van der Waals surface area contributed by atoms with Crippen molar-refractivity contribution in [3.05, 3.63) is 42.6 Å². The summed E-state index contributed by atoms with van der Waals surface area (Å²) in [5.74, 6) is 0. The van der Waals surface area contributed by atoms with E-state index in [2.05, 4.69) is 15.2 Å². The summed E-state index contributed by atoms with van der Waals surface area (Å²) in [4.78, 5) is 6.17. The third-order valence-corrected chi connectivity index (χ3v) is 2.34. The zero-order valence-corrected chi connectivity index (χ0v) is 9.47. The molecule has 84 valence electrons. The second kappa shape index (κ2) is 4.70. The molecule has 2 aromatic rings. The minimum atomic E-state index is 0.739. The van der Waals surface area contributed by atoms with Gasteiger partial charge in [0.25, 0.3) is 0 Å². The van der Waals surface area contributed by atoms with Crippen molar-refractivity contribution in [3.8, 4) is 0 Å². The largest absolute Gasteiger partial charge is 0.472 e. The highest BCUT2D eigenvalue weighted by atomic mass is 16.3. The molecule has 4 nitrogen and oxygen atoms in total. The van der Waals surface area contributed by atoms with E-state index in [9.17, 15) is 0 Å². The lowest BCUT2D eigenvalue weighted by Gasteiger charge is -2.17. The Labute approximate surface area is 94.9 Å². The van der Waals surface area contributed by atoms with Gasteiger partial charge in [0.2, 0.25) is 0 Å². The fourth-order valence-corrected chi connectivity index (χ4v) is 1.50. The van der Waals surface area contributed by atoms with Gasteiger partial charge in [-0.25, -0.2) is 0 Å². The van der Waals surface area contributed by atoms with E-state index in [0.29, 0.717) is 0 Å². The SMILES string of the molecule is CN(C)c1ccncc1NCc1ccoc1. The average Bonchev–Trinajstić information content (AvgIpc) is 2.79. The van der Waals surface area contributed by atoms with Crippen molar-refractivity contribution in [2.75, 3.05) is 24.3 Å². The van der Waals surface area contributed by atoms with Crippen LogP contribution in [-0.2, 0) is 6.54 Å². The molecule has 0 aromatic carbocycles. The van der Waals surface area contributed by atoms with Gasteiger partial charge >= 0.3 is 0 Å². The van der Waals surface area contributed by atoms with Crippen LogP contribution in [0.15, 0.2) is 41.5 Å². The number of anilines is 2. The zero-order chi connectivity index (χ0) is 11.4. The summed E-state index contributed by atoms with van der Waals surface area (Å²) in [6.07, 6.45) is 7.03. The van der Waals surface area contributed by atoms with Crippen LogP contribution in [0.5, 0.6) is 0 Å². The third kappa shape index (κ3) is 2.34. The number of nitrogens with one attached hydrogen (secondary N) is 1. The van der Waals surface area contributed by atoms with Gasteiger partial charge in [-0.3, -0.25) is 4.98 Å². The first-order valence-corrected chi connectivity index (χ1v) is 5.13. The van der Waals surface area contributed by atoms with E-state index in [4.69, 9.17) is 4.42 Å². The fourth-order valence-electron chi connectivity index (χ4n) is 1.50. The lowest BCUT2D eigenvalue weighted by atomic mass is 10.3. The molecule has 0 saturated carbocycles. The highest BCUT2D eigenvalue weighted by Gasteiger charge is 2.03. The molecule has 1 N–H and O–H groups in total. The van der Waals surface area contributed by atoms with Crippen molar-refractivity contribution in [1.82, 2.24) is 4.98 Å². The Morgan fingerprint density at radius 3 is 2.94 bits per heavy atom. The van der Waals surface area contributed by atoms with E-state index >= 15 is 0 Å². The lowest BCUT2D eigenvalue weighted by molar-refractivity contribution is 0.564. The molecule has 0 bridgehead atoms. The van der Waals surface area contributed by atoms with Crippen LogP contribution in [0.2, 0.25) is 0 Å². The van der Waals surface area contributed by atoms with Crippen LogP contribution in [0.3, 0.4) is 0 Å². The molecule has 2 rings (SSSR count). The number of furan rings is 1. The molecule has 4 heteroatoms. The summed E-state index contributed by atoms with van der Waals surface area (Å²) in [6, 6.07) is 3.93. The maximum Gasteiger partial charge on any atom is 0.0952 e. The van der Waals surface area contributed by atoms with E-state index < -0.39 is 0 Å². The van der Waals surface area contributed by atoms with Crippen LogP contribution in [0, 0.1) is 0 Å². The van der Waals surface area contributed by atoms with Crippen molar-refractivity contribution in [2.24, 2.45) is 0 Å². The van der Waals surface area contributed by atoms with Gasteiger partial charge in [0.05, 0.1) is 30.1 Å². The Bertz CT molecular complexity index is 437. The standard InChI is InChI=1S/C12H15N3O/c1-15(2)12-3-5-13-8-11(12)14-7-10-4-6-16-9-10/h3-6,8-9,14H,7H2,1-2H3. The minimum absolute atomic E-state index is 0.739. The first-order valence-electron chi connectivity index (χ1n) is 5.13. The van der Waals surface area contributed by atoms with Crippen LogP contribution in [0.4, 0.5) is 11.4 Å². The fraction of sp³-hybridized carbons (Fsp3) is 0.250. The smallest absolute Gasteiger partial charge is 0.0952 e. The summed E-state index contributed by atoms with van der Waals surface area (Å²) < 4.78 is 5.01. The number of aromatic nitrogens is 1. The number of hydrogen-bond acceptors (Lipinski definition) is 4. The molecule has 0 aliphatic carbocycles. The second-order valence-electron chi connectivity index (χ2n) is 3.77. The number of rotatable bonds is 4. The Balaban J connectivity index is 2.09. The Kier molecular flexibility index (Phi) is 3.10. The molecule has 0 saturated heterocycles. The van der Waals surface area contributed by atoms with E-state index in [1.165, 1.54) is 0 Å². The van der Waals surface area contributed by atoms with Crippen LogP contribution < -0.4 is 10.2 Å². The first kappa shape index (κ1) is 10.5. The van der Waals surface area contributed by atoms with Gasteiger partial charge in [-0.15, -0.1) is 0 Å². The van der Waals surface area contributed by atoms with Crippen LogP contribution >= 0.6 is 0 Å². The molecule has 0 radical (unpaired) electrons. The summed E-state index contributed by atoms with van der Waals surface area (Å²) in [5.41, 5.74) is 3.26. The highest BCUT2D eigenvalue weighted by Crippen LogP contribution is 2.22. The number of hydrogen-bond donors (Lipinski definition) is 1. The Morgan fingerprint density at radius 2 is 2.25 bits per heavy atom. The minimum Gasteiger partial charge on any atom is -0.472 e. The van der Waals surface area contributed by atoms with Gasteiger partial charge in [0.1, 0.15) is 0 Å². The maximum atomic E-state index is 5.01. The normalized spacial score (nSPS) is 10.1. The highest BCUT2D eigenvalue weighted by molar-refractivity contribution is 5.68. The molecule has 0 aliphatic rings. The molecule has 0 spiro atoms. The maximum absolute atomic E-state index is 5.01. The molecule has 16 heavy (non-hydrogen) atoms. The predicted molar refractivity (Wildman–Crippen MR) is 64.6 cm³/mol. The zero-order valence-electron chi connectivity index (χ0n) is 9.47. The van der Waals surface area contributed by atoms with Crippen LogP contribution in [-0.4, -0.2) is 19.1 Å². The molecule has 2 aromatic heterocycles. The molecule has 0 atom stereocenters. The van der Waals surface area contributed by atoms with Crippen LogP contribution in [0.25, 0.3) is 0 Å². The molecule has 0 amide bonds. The topological polar surface area (TPSA) is 41.3 Å². The van der Waals surface area contributed by atoms with Gasteiger partial charge in [-0.2, -0.15) is 0 Å². The van der Waals surface area contributed by atoms with Crippen molar-refractivity contribution < 1.29 is 4.42 Å². The van der Waals surface area contributed by atoms with Gasteiger partial charge in [0, 0.05) is 32.4 Å². The molecular weight excluding hydrogens is 202 g/mol. The molecule has 0 fully saturated rings. The lowest BCUT2D eigenvalue weighted by Crippen LogP contribution is -2.12. The summed E-state index contributed by atoms with van der Waals surface area (Å²) in [6.45, 7) is 0.739. The van der Waals surface area contributed by atoms with E-state index in [0.717, 1.165) is 23.5 Å². The monoisotopic (exact) mass is 217 g/mol. The van der Waals surface area contributed by atoms with Gasteiger partial charge < -0.3 is 14.6 Å². The Morgan fingerprint density at radius 1 is 1.38 bits per heavy atom. The quantitative estimate of drug-likeness (QED) is 0.853. The number of pyridine rings is 1. The van der Waals surface area contributed by atoms with Crippen molar-refractivity contribution in [1.29, 1.82) is 0 Å². The molecule has 0 unspecified atom stereocenters. The predicted octanol–water partition coefficient (Wildman–Crippen LogP) is 2.35. The van der Waals surface area contributed by atoms with E-state index in [-0.39, 0.29) is 0 Å². The summed E-state index contributed by atoms with van der Waals surface area (Å²) in [5, 5.41) is 3.33. The van der Waals surface area contributed by atoms with Crippen molar-refractivity contribution >= 4 is 11.4 Å². The van der Waals surface area contributed by atoms with E-state index in [1.807, 2.05) is 32.4 Å². The number of nitrogens with zero attached hydrogens (tertiary/aromatic N) is 2. The third-order valence-electron chi connectivity index (χ3n) is 2.34. The van der Waals surface area contributed by atoms with E-state index in [1.54, 1.807) is 18.7 Å². The van der Waals surface area contributed by atoms with Crippen molar-refractivity contribution in [2.45, 2.75) is 6.54 Å². The summed E-state index contributed by atoms with van der Waals surface area (Å²) in [7, 11) is 4.02. The Hall–Kier alpha value is -1.97. The molecular formula is C12H15N3O. The second-order valence-corrected chi connectivity index (χ2v) is 3.77. The first-order chi connectivity index (χ1) is 7.77. The van der Waals surface area contributed by atoms with Gasteiger partial charge in [-0.05, 0) is 12.1 Å². The molecule has 0 aliphatic heterocycles. The van der Waals surface area contributed by atoms with Gasteiger partial charge in [0.15, 0.2) is 0 Å². The summed E-state index contributed by atoms with van der Waals surface area (Å²) >= 11 is 0. The average molecular weight is 217 g/mol. The molecule has 2 heterocycles. The van der Waals surface area contributed by atoms with Crippen LogP contribution in [0.1, 0.15) is 5.56 Å².